The monoisotopic (exact) mass is 481 g/mol. The summed E-state index contributed by atoms with van der Waals surface area (Å²) in [7, 11) is 4.68. The lowest BCUT2D eigenvalue weighted by Crippen LogP contribution is -2.30. The van der Waals surface area contributed by atoms with Gasteiger partial charge in [-0.25, -0.2) is 0 Å². The molecule has 35 heavy (non-hydrogen) atoms. The minimum absolute atomic E-state index is 0.0706. The first-order chi connectivity index (χ1) is 16.7. The van der Waals surface area contributed by atoms with Gasteiger partial charge in [0.1, 0.15) is 11.5 Å². The number of rotatable bonds is 9. The molecule has 0 bridgehead atoms. The highest BCUT2D eigenvalue weighted by molar-refractivity contribution is 6.46. The summed E-state index contributed by atoms with van der Waals surface area (Å²) in [4.78, 5) is 28.0. The third-order valence-corrected chi connectivity index (χ3v) is 6.47. The second-order valence-electron chi connectivity index (χ2n) is 9.02. The van der Waals surface area contributed by atoms with Crippen LogP contribution in [0.4, 0.5) is 0 Å². The van der Waals surface area contributed by atoms with Crippen molar-refractivity contribution in [1.82, 2.24) is 4.90 Å². The van der Waals surface area contributed by atoms with E-state index in [1.807, 2.05) is 39.8 Å². The number of Topliss-reactive ketones (excluding diaryl/α,β-unsaturated/α-hetero) is 1. The number of hydrogen-bond donors (Lipinski definition) is 1. The van der Waals surface area contributed by atoms with E-state index in [0.717, 1.165) is 24.0 Å². The van der Waals surface area contributed by atoms with Gasteiger partial charge >= 0.3 is 0 Å². The number of aliphatic hydroxyl groups excluding tert-OH is 1. The van der Waals surface area contributed by atoms with Gasteiger partial charge in [0.2, 0.25) is 0 Å². The van der Waals surface area contributed by atoms with Crippen LogP contribution in [-0.4, -0.2) is 49.6 Å². The molecule has 188 valence electrons. The number of hydrogen-bond acceptors (Lipinski definition) is 6. The van der Waals surface area contributed by atoms with Crippen LogP contribution in [-0.2, 0) is 9.59 Å². The lowest BCUT2D eigenvalue weighted by atomic mass is 9.91. The van der Waals surface area contributed by atoms with E-state index in [4.69, 9.17) is 14.2 Å². The molecule has 1 N–H and O–H groups in total. The molecule has 1 saturated heterocycles. The molecule has 7 nitrogen and oxygen atoms in total. The Balaban J connectivity index is 2.27. The first-order valence-electron chi connectivity index (χ1n) is 11.9. The van der Waals surface area contributed by atoms with E-state index >= 15 is 0 Å². The number of likely N-dealkylation sites (tertiary alicyclic amines) is 1. The molecule has 1 aliphatic rings. The van der Waals surface area contributed by atoms with Crippen LogP contribution < -0.4 is 14.2 Å². The zero-order chi connectivity index (χ0) is 25.9. The van der Waals surface area contributed by atoms with Crippen molar-refractivity contribution in [1.29, 1.82) is 0 Å². The first kappa shape index (κ1) is 26.1. The second-order valence-corrected chi connectivity index (χ2v) is 9.02. The highest BCUT2D eigenvalue weighted by Gasteiger charge is 2.46. The molecule has 1 heterocycles. The van der Waals surface area contributed by atoms with E-state index in [1.54, 1.807) is 37.3 Å². The molecule has 1 aliphatic heterocycles. The quantitative estimate of drug-likeness (QED) is 0.295. The molecular weight excluding hydrogens is 446 g/mol. The number of benzene rings is 2. The van der Waals surface area contributed by atoms with Crippen LogP contribution in [0.1, 0.15) is 67.8 Å². The van der Waals surface area contributed by atoms with E-state index in [2.05, 4.69) is 0 Å². The summed E-state index contributed by atoms with van der Waals surface area (Å²) in [5.41, 5.74) is 2.89. The fourth-order valence-corrected chi connectivity index (χ4v) is 4.53. The molecule has 0 saturated carbocycles. The third-order valence-electron chi connectivity index (χ3n) is 6.47. The number of amides is 1. The number of aliphatic hydroxyl groups is 1. The van der Waals surface area contributed by atoms with Crippen LogP contribution in [0.25, 0.3) is 5.76 Å². The van der Waals surface area contributed by atoms with Crippen molar-refractivity contribution in [2.75, 3.05) is 27.9 Å². The number of nitrogens with zero attached hydrogens (tertiary/aromatic N) is 1. The number of ketones is 1. The van der Waals surface area contributed by atoms with Crippen molar-refractivity contribution < 1.29 is 28.9 Å². The molecule has 3 rings (SSSR count). The normalized spacial score (nSPS) is 17.3. The third kappa shape index (κ3) is 4.85. The highest BCUT2D eigenvalue weighted by Crippen LogP contribution is 2.43. The molecule has 1 unspecified atom stereocenters. The first-order valence-corrected chi connectivity index (χ1v) is 11.9. The molecule has 0 aromatic heterocycles. The van der Waals surface area contributed by atoms with Crippen molar-refractivity contribution in [2.24, 2.45) is 0 Å². The Morgan fingerprint density at radius 1 is 1.00 bits per heavy atom. The summed E-state index contributed by atoms with van der Waals surface area (Å²) >= 11 is 0. The summed E-state index contributed by atoms with van der Waals surface area (Å²) in [6, 6.07) is 8.24. The predicted octanol–water partition coefficient (Wildman–Crippen LogP) is 5.37. The molecular formula is C28H35NO6. The fraction of sp³-hybridized carbons (Fsp3) is 0.429. The van der Waals surface area contributed by atoms with Gasteiger partial charge in [0.25, 0.3) is 11.7 Å². The lowest BCUT2D eigenvalue weighted by Gasteiger charge is -2.26. The van der Waals surface area contributed by atoms with Crippen LogP contribution in [0.15, 0.2) is 35.9 Å². The average Bonchev–Trinajstić information content (AvgIpc) is 3.10. The smallest absolute Gasteiger partial charge is 0.295 e. The van der Waals surface area contributed by atoms with Gasteiger partial charge in [0.15, 0.2) is 11.5 Å². The lowest BCUT2D eigenvalue weighted by molar-refractivity contribution is -0.139. The molecule has 0 aliphatic carbocycles. The Hall–Kier alpha value is -3.48. The Morgan fingerprint density at radius 2 is 1.66 bits per heavy atom. The Bertz CT molecular complexity index is 1150. The summed E-state index contributed by atoms with van der Waals surface area (Å²) in [5, 5.41) is 11.5. The van der Waals surface area contributed by atoms with Crippen molar-refractivity contribution >= 4 is 17.4 Å². The van der Waals surface area contributed by atoms with Crippen LogP contribution in [0.5, 0.6) is 17.2 Å². The van der Waals surface area contributed by atoms with E-state index in [9.17, 15) is 14.7 Å². The van der Waals surface area contributed by atoms with Crippen molar-refractivity contribution in [3.05, 3.63) is 58.2 Å². The minimum Gasteiger partial charge on any atom is -0.507 e. The molecule has 1 fully saturated rings. The molecule has 2 aromatic carbocycles. The standard InChI is InChI=1S/C28H35NO6/c1-8-9-12-29-25(18-10-11-21(33-5)23(14-18)35-7)24(27(31)28(29)32)26(30)20-15-19(16(2)3)22(34-6)13-17(20)4/h10-11,13-16,25,30H,8-9,12H2,1-7H3/b26-24+. The number of methoxy groups -OCH3 is 3. The molecule has 1 atom stereocenters. The van der Waals surface area contributed by atoms with Gasteiger partial charge in [-0.05, 0) is 60.2 Å². The van der Waals surface area contributed by atoms with Crippen molar-refractivity contribution in [2.45, 2.75) is 52.5 Å². The van der Waals surface area contributed by atoms with Gasteiger partial charge in [-0.15, -0.1) is 0 Å². The Kier molecular flexibility index (Phi) is 8.10. The highest BCUT2D eigenvalue weighted by atomic mass is 16.5. The van der Waals surface area contributed by atoms with E-state index in [1.165, 1.54) is 7.11 Å². The molecule has 2 aromatic rings. The van der Waals surface area contributed by atoms with Crippen LogP contribution >= 0.6 is 0 Å². The van der Waals surface area contributed by atoms with Gasteiger partial charge in [-0.1, -0.05) is 33.3 Å². The molecule has 0 spiro atoms. The summed E-state index contributed by atoms with van der Waals surface area (Å²) in [5.74, 6) is 0.363. The largest absolute Gasteiger partial charge is 0.507 e. The van der Waals surface area contributed by atoms with Crippen LogP contribution in [0.2, 0.25) is 0 Å². The Morgan fingerprint density at radius 3 is 2.23 bits per heavy atom. The zero-order valence-corrected chi connectivity index (χ0v) is 21.6. The van der Waals surface area contributed by atoms with Crippen molar-refractivity contribution in [3.63, 3.8) is 0 Å². The van der Waals surface area contributed by atoms with Crippen molar-refractivity contribution in [3.8, 4) is 17.2 Å². The average molecular weight is 482 g/mol. The topological polar surface area (TPSA) is 85.3 Å². The SMILES string of the molecule is CCCCN1C(=O)C(=O)/C(=C(/O)c2cc(C(C)C)c(OC)cc2C)C1c1ccc(OC)c(OC)c1. The predicted molar refractivity (Wildman–Crippen MR) is 135 cm³/mol. The van der Waals surface area contributed by atoms with Crippen LogP contribution in [0.3, 0.4) is 0 Å². The number of carbonyl (C=O) groups excluding carboxylic acids is 2. The number of unbranched alkanes of at least 4 members (excludes halogenated alkanes) is 1. The maximum atomic E-state index is 13.3. The summed E-state index contributed by atoms with van der Waals surface area (Å²) < 4.78 is 16.4. The van der Waals surface area contributed by atoms with Crippen LogP contribution in [0, 0.1) is 6.92 Å². The molecule has 0 radical (unpaired) electrons. The fourth-order valence-electron chi connectivity index (χ4n) is 4.53. The zero-order valence-electron chi connectivity index (χ0n) is 21.6. The maximum Gasteiger partial charge on any atom is 0.295 e. The van der Waals surface area contributed by atoms with E-state index < -0.39 is 17.7 Å². The van der Waals surface area contributed by atoms with Gasteiger partial charge in [-0.3, -0.25) is 9.59 Å². The molecule has 1 amide bonds. The molecule has 7 heteroatoms. The summed E-state index contributed by atoms with van der Waals surface area (Å²) in [6.07, 6.45) is 1.59. The summed E-state index contributed by atoms with van der Waals surface area (Å²) in [6.45, 7) is 8.33. The number of carbonyl (C=O) groups is 2. The van der Waals surface area contributed by atoms with Gasteiger partial charge in [-0.2, -0.15) is 0 Å². The maximum absolute atomic E-state index is 13.3. The van der Waals surface area contributed by atoms with E-state index in [0.29, 0.717) is 34.9 Å². The number of aryl methyl sites for hydroxylation is 1. The van der Waals surface area contributed by atoms with Gasteiger partial charge in [0, 0.05) is 12.1 Å². The van der Waals surface area contributed by atoms with Gasteiger partial charge in [0.05, 0.1) is 32.9 Å². The minimum atomic E-state index is -0.745. The second kappa shape index (κ2) is 10.8. The van der Waals surface area contributed by atoms with E-state index in [-0.39, 0.29) is 17.3 Å². The Labute approximate surface area is 207 Å². The van der Waals surface area contributed by atoms with Gasteiger partial charge < -0.3 is 24.2 Å². The number of ether oxygens (including phenoxy) is 3.